The van der Waals surface area contributed by atoms with E-state index in [0.717, 1.165) is 13.0 Å². The van der Waals surface area contributed by atoms with Gasteiger partial charge < -0.3 is 5.32 Å². The molecule has 1 atom stereocenters. The number of nitrogens with zero attached hydrogens (tertiary/aromatic N) is 1. The third-order valence-corrected chi connectivity index (χ3v) is 1.77. The molecule has 0 aromatic carbocycles. The van der Waals surface area contributed by atoms with Gasteiger partial charge in [0.1, 0.15) is 0 Å². The molecular formula is C10H20N2. The molecular weight excluding hydrogens is 148 g/mol. The lowest BCUT2D eigenvalue weighted by atomic mass is 9.92. The maximum atomic E-state index is 8.41. The number of hydrogen-bond donors (Lipinski definition) is 1. The molecule has 0 saturated carbocycles. The van der Waals surface area contributed by atoms with E-state index in [4.69, 9.17) is 5.26 Å². The second-order valence-electron chi connectivity index (χ2n) is 4.53. The van der Waals surface area contributed by atoms with Crippen LogP contribution in [0.5, 0.6) is 0 Å². The Kier molecular flexibility index (Phi) is 4.92. The van der Waals surface area contributed by atoms with Crippen molar-refractivity contribution in [2.45, 2.75) is 46.6 Å². The highest BCUT2D eigenvalue weighted by Crippen LogP contribution is 2.17. The maximum absolute atomic E-state index is 8.41. The lowest BCUT2D eigenvalue weighted by Crippen LogP contribution is -2.28. The molecule has 12 heavy (non-hydrogen) atoms. The van der Waals surface area contributed by atoms with E-state index >= 15 is 0 Å². The summed E-state index contributed by atoms with van der Waals surface area (Å²) in [7, 11) is 0. The summed E-state index contributed by atoms with van der Waals surface area (Å²) in [4.78, 5) is 0. The Morgan fingerprint density at radius 2 is 2.00 bits per heavy atom. The largest absolute Gasteiger partial charge is 0.313 e. The molecule has 0 amide bonds. The van der Waals surface area contributed by atoms with Gasteiger partial charge in [-0.25, -0.2) is 0 Å². The van der Waals surface area contributed by atoms with Gasteiger partial charge in [-0.2, -0.15) is 5.26 Å². The molecule has 1 N–H and O–H groups in total. The van der Waals surface area contributed by atoms with Crippen LogP contribution in [-0.4, -0.2) is 12.6 Å². The zero-order chi connectivity index (χ0) is 9.61. The normalized spacial score (nSPS) is 13.9. The van der Waals surface area contributed by atoms with Crippen LogP contribution in [-0.2, 0) is 0 Å². The molecule has 70 valence electrons. The molecule has 0 heterocycles. The summed E-state index contributed by atoms with van der Waals surface area (Å²) in [6.45, 7) is 9.73. The van der Waals surface area contributed by atoms with Crippen LogP contribution in [0.3, 0.4) is 0 Å². The highest BCUT2D eigenvalue weighted by Gasteiger charge is 2.09. The van der Waals surface area contributed by atoms with Gasteiger partial charge in [-0.3, -0.25) is 0 Å². The van der Waals surface area contributed by atoms with Crippen molar-refractivity contribution in [3.63, 3.8) is 0 Å². The van der Waals surface area contributed by atoms with E-state index in [1.54, 1.807) is 0 Å². The van der Waals surface area contributed by atoms with Gasteiger partial charge in [-0.05, 0) is 25.3 Å². The van der Waals surface area contributed by atoms with Gasteiger partial charge in [0.15, 0.2) is 0 Å². The average Bonchev–Trinajstić information content (AvgIpc) is 1.84. The topological polar surface area (TPSA) is 35.8 Å². The van der Waals surface area contributed by atoms with E-state index in [1.807, 2.05) is 6.92 Å². The van der Waals surface area contributed by atoms with E-state index in [2.05, 4.69) is 32.2 Å². The molecule has 0 spiro atoms. The van der Waals surface area contributed by atoms with Crippen LogP contribution in [0.1, 0.15) is 40.5 Å². The Morgan fingerprint density at radius 3 is 2.42 bits per heavy atom. The molecule has 1 unspecified atom stereocenters. The minimum atomic E-state index is 0.331. The monoisotopic (exact) mass is 168 g/mol. The Balaban J connectivity index is 3.38. The summed E-state index contributed by atoms with van der Waals surface area (Å²) in [5, 5.41) is 11.7. The van der Waals surface area contributed by atoms with Gasteiger partial charge in [0.05, 0.1) is 12.5 Å². The molecule has 2 heteroatoms. The summed E-state index contributed by atoms with van der Waals surface area (Å²) in [6.07, 6.45) is 1.76. The van der Waals surface area contributed by atoms with Gasteiger partial charge in [0, 0.05) is 6.04 Å². The molecule has 0 aromatic rings. The van der Waals surface area contributed by atoms with Crippen molar-refractivity contribution >= 4 is 0 Å². The third-order valence-electron chi connectivity index (χ3n) is 1.77. The molecule has 0 aromatic heterocycles. The van der Waals surface area contributed by atoms with Crippen LogP contribution in [0.4, 0.5) is 0 Å². The molecule has 0 bridgehead atoms. The molecule has 2 nitrogen and oxygen atoms in total. The minimum Gasteiger partial charge on any atom is -0.313 e. The molecule has 0 aliphatic heterocycles. The quantitative estimate of drug-likeness (QED) is 0.699. The summed E-state index contributed by atoms with van der Waals surface area (Å²) in [5.41, 5.74) is 0.388. The maximum Gasteiger partial charge on any atom is 0.0638 e. The zero-order valence-electron chi connectivity index (χ0n) is 8.65. The SMILES string of the molecule is CC(CC#N)NCCC(C)(C)C. The molecule has 0 aliphatic rings. The Labute approximate surface area is 76.0 Å². The van der Waals surface area contributed by atoms with Gasteiger partial charge in [-0.1, -0.05) is 20.8 Å². The van der Waals surface area contributed by atoms with E-state index < -0.39 is 0 Å². The number of rotatable bonds is 4. The van der Waals surface area contributed by atoms with Crippen molar-refractivity contribution in [2.24, 2.45) is 5.41 Å². The van der Waals surface area contributed by atoms with Crippen LogP contribution in [0.15, 0.2) is 0 Å². The van der Waals surface area contributed by atoms with Crippen LogP contribution < -0.4 is 5.32 Å². The summed E-state index contributed by atoms with van der Waals surface area (Å²) in [6, 6.07) is 2.48. The lowest BCUT2D eigenvalue weighted by Gasteiger charge is -2.19. The number of nitriles is 1. The molecule has 0 fully saturated rings. The smallest absolute Gasteiger partial charge is 0.0638 e. The first kappa shape index (κ1) is 11.4. The predicted octanol–water partition coefficient (Wildman–Crippen LogP) is 2.31. The van der Waals surface area contributed by atoms with Crippen LogP contribution in [0.2, 0.25) is 0 Å². The second kappa shape index (κ2) is 5.16. The van der Waals surface area contributed by atoms with Crippen LogP contribution >= 0.6 is 0 Å². The third kappa shape index (κ3) is 7.56. The standard InChI is InChI=1S/C10H20N2/c1-9(5-7-11)12-8-6-10(2,3)4/h9,12H,5-6,8H2,1-4H3. The summed E-state index contributed by atoms with van der Waals surface area (Å²) < 4.78 is 0. The first-order valence-corrected chi connectivity index (χ1v) is 4.56. The van der Waals surface area contributed by atoms with Crippen LogP contribution in [0.25, 0.3) is 0 Å². The van der Waals surface area contributed by atoms with Gasteiger partial charge in [-0.15, -0.1) is 0 Å². The summed E-state index contributed by atoms with van der Waals surface area (Å²) in [5.74, 6) is 0. The number of hydrogen-bond acceptors (Lipinski definition) is 2. The number of nitrogens with one attached hydrogen (secondary N) is 1. The average molecular weight is 168 g/mol. The highest BCUT2D eigenvalue weighted by molar-refractivity contribution is 4.77. The fraction of sp³-hybridized carbons (Fsp3) is 0.900. The van der Waals surface area contributed by atoms with E-state index in [9.17, 15) is 0 Å². The fourth-order valence-electron chi connectivity index (χ4n) is 0.903. The fourth-order valence-corrected chi connectivity index (χ4v) is 0.903. The predicted molar refractivity (Wildman–Crippen MR) is 51.8 cm³/mol. The minimum absolute atomic E-state index is 0.331. The summed E-state index contributed by atoms with van der Waals surface area (Å²) >= 11 is 0. The van der Waals surface area contributed by atoms with Gasteiger partial charge in [0.2, 0.25) is 0 Å². The van der Waals surface area contributed by atoms with Crippen molar-refractivity contribution in [1.82, 2.24) is 5.32 Å². The molecule has 0 rings (SSSR count). The first-order chi connectivity index (χ1) is 5.45. The Hall–Kier alpha value is -0.550. The molecule has 0 aliphatic carbocycles. The van der Waals surface area contributed by atoms with Gasteiger partial charge >= 0.3 is 0 Å². The van der Waals surface area contributed by atoms with Crippen LogP contribution in [0, 0.1) is 16.7 Å². The Morgan fingerprint density at radius 1 is 1.42 bits per heavy atom. The van der Waals surface area contributed by atoms with Gasteiger partial charge in [0.25, 0.3) is 0 Å². The van der Waals surface area contributed by atoms with E-state index in [0.29, 0.717) is 17.9 Å². The Bertz CT molecular complexity index is 150. The molecule has 0 radical (unpaired) electrons. The molecule has 0 saturated heterocycles. The second-order valence-corrected chi connectivity index (χ2v) is 4.53. The van der Waals surface area contributed by atoms with Crippen molar-refractivity contribution in [1.29, 1.82) is 5.26 Å². The van der Waals surface area contributed by atoms with Crippen molar-refractivity contribution < 1.29 is 0 Å². The van der Waals surface area contributed by atoms with E-state index in [1.165, 1.54) is 0 Å². The van der Waals surface area contributed by atoms with Crippen molar-refractivity contribution in [3.05, 3.63) is 0 Å². The zero-order valence-corrected chi connectivity index (χ0v) is 8.65. The first-order valence-electron chi connectivity index (χ1n) is 4.56. The van der Waals surface area contributed by atoms with Crippen molar-refractivity contribution in [3.8, 4) is 6.07 Å². The van der Waals surface area contributed by atoms with E-state index in [-0.39, 0.29) is 0 Å². The highest BCUT2D eigenvalue weighted by atomic mass is 14.9. The lowest BCUT2D eigenvalue weighted by molar-refractivity contribution is 0.357. The van der Waals surface area contributed by atoms with Crippen molar-refractivity contribution in [2.75, 3.05) is 6.54 Å².